The Bertz CT molecular complexity index is 703. The number of amides is 1. The van der Waals surface area contributed by atoms with Crippen LogP contribution in [0.3, 0.4) is 0 Å². The number of rotatable bonds is 4. The van der Waals surface area contributed by atoms with Crippen LogP contribution in [0.5, 0.6) is 0 Å². The van der Waals surface area contributed by atoms with Crippen LogP contribution in [-0.2, 0) is 10.0 Å². The highest BCUT2D eigenvalue weighted by molar-refractivity contribution is 7.90. The number of hydrogen-bond acceptors (Lipinski definition) is 3. The van der Waals surface area contributed by atoms with E-state index in [1.807, 2.05) is 35.2 Å². The Kier molecular flexibility index (Phi) is 5.49. The fraction of sp³-hybridized carbons (Fsp3) is 0.632. The molecule has 5 nitrogen and oxygen atoms in total. The van der Waals surface area contributed by atoms with Crippen LogP contribution in [0.25, 0.3) is 0 Å². The Balaban J connectivity index is 1.67. The summed E-state index contributed by atoms with van der Waals surface area (Å²) in [5, 5.41) is -0.326. The molecule has 0 radical (unpaired) electrons. The van der Waals surface area contributed by atoms with Crippen molar-refractivity contribution in [2.45, 2.75) is 38.4 Å². The highest BCUT2D eigenvalue weighted by Crippen LogP contribution is 2.34. The molecule has 2 aliphatic heterocycles. The van der Waals surface area contributed by atoms with Gasteiger partial charge in [0.15, 0.2) is 0 Å². The lowest BCUT2D eigenvalue weighted by molar-refractivity contribution is 0.0759. The lowest BCUT2D eigenvalue weighted by atomic mass is 10.0. The maximum absolute atomic E-state index is 12.9. The zero-order chi connectivity index (χ0) is 18.0. The minimum Gasteiger partial charge on any atom is -0.339 e. The third-order valence-corrected chi connectivity index (χ3v) is 7.86. The van der Waals surface area contributed by atoms with Gasteiger partial charge in [0.1, 0.15) is 0 Å². The van der Waals surface area contributed by atoms with Crippen LogP contribution in [0.4, 0.5) is 0 Å². The number of hydrogen-bond donors (Lipinski definition) is 0. The minimum atomic E-state index is -3.23. The van der Waals surface area contributed by atoms with E-state index >= 15 is 0 Å². The van der Waals surface area contributed by atoms with Crippen molar-refractivity contribution in [1.29, 1.82) is 0 Å². The van der Waals surface area contributed by atoms with E-state index in [1.54, 1.807) is 4.31 Å². The second kappa shape index (κ2) is 7.46. The SMILES string of the molecule is CC(C)CCN1C[C@@H]2CCN(C(=O)c3ccccc3)CC[C@@H]2S1(=O)=O. The molecular weight excluding hydrogens is 336 g/mol. The number of benzene rings is 1. The van der Waals surface area contributed by atoms with Gasteiger partial charge in [0.25, 0.3) is 5.91 Å². The van der Waals surface area contributed by atoms with E-state index in [-0.39, 0.29) is 17.1 Å². The van der Waals surface area contributed by atoms with Crippen molar-refractivity contribution in [3.63, 3.8) is 0 Å². The van der Waals surface area contributed by atoms with Crippen LogP contribution in [0.15, 0.2) is 30.3 Å². The van der Waals surface area contributed by atoms with Gasteiger partial charge in [-0.3, -0.25) is 4.79 Å². The van der Waals surface area contributed by atoms with Gasteiger partial charge in [-0.25, -0.2) is 12.7 Å². The summed E-state index contributed by atoms with van der Waals surface area (Å²) in [6.45, 7) is 6.64. The summed E-state index contributed by atoms with van der Waals surface area (Å²) in [6, 6.07) is 9.24. The Labute approximate surface area is 151 Å². The second-order valence-electron chi connectivity index (χ2n) is 7.62. The first-order valence-electron chi connectivity index (χ1n) is 9.23. The molecule has 1 amide bonds. The summed E-state index contributed by atoms with van der Waals surface area (Å²) in [5.41, 5.74) is 0.677. The van der Waals surface area contributed by atoms with Crippen LogP contribution in [0.2, 0.25) is 0 Å². The van der Waals surface area contributed by atoms with E-state index in [4.69, 9.17) is 0 Å². The molecule has 0 saturated carbocycles. The summed E-state index contributed by atoms with van der Waals surface area (Å²) < 4.78 is 27.4. The maximum Gasteiger partial charge on any atom is 0.253 e. The topological polar surface area (TPSA) is 57.7 Å². The van der Waals surface area contributed by atoms with Gasteiger partial charge in [0.05, 0.1) is 5.25 Å². The van der Waals surface area contributed by atoms with Crippen LogP contribution >= 0.6 is 0 Å². The Hall–Kier alpha value is -1.40. The molecule has 0 aliphatic carbocycles. The normalized spacial score (nSPS) is 26.4. The van der Waals surface area contributed by atoms with Crippen LogP contribution < -0.4 is 0 Å². The van der Waals surface area contributed by atoms with Crippen molar-refractivity contribution in [3.8, 4) is 0 Å². The Morgan fingerprint density at radius 3 is 2.52 bits per heavy atom. The van der Waals surface area contributed by atoms with Crippen molar-refractivity contribution >= 4 is 15.9 Å². The smallest absolute Gasteiger partial charge is 0.253 e. The highest BCUT2D eigenvalue weighted by atomic mass is 32.2. The summed E-state index contributed by atoms with van der Waals surface area (Å²) in [7, 11) is -3.23. The molecule has 0 unspecified atom stereocenters. The zero-order valence-electron chi connectivity index (χ0n) is 15.1. The monoisotopic (exact) mass is 364 g/mol. The molecule has 0 N–H and O–H groups in total. The molecule has 25 heavy (non-hydrogen) atoms. The first-order chi connectivity index (χ1) is 11.9. The summed E-state index contributed by atoms with van der Waals surface area (Å²) >= 11 is 0. The van der Waals surface area contributed by atoms with Crippen molar-refractivity contribution in [2.24, 2.45) is 11.8 Å². The minimum absolute atomic E-state index is 0.00892. The van der Waals surface area contributed by atoms with Crippen molar-refractivity contribution < 1.29 is 13.2 Å². The van der Waals surface area contributed by atoms with Crippen LogP contribution in [-0.4, -0.2) is 55.0 Å². The van der Waals surface area contributed by atoms with Gasteiger partial charge in [-0.05, 0) is 43.2 Å². The van der Waals surface area contributed by atoms with E-state index < -0.39 is 10.0 Å². The van der Waals surface area contributed by atoms with E-state index in [9.17, 15) is 13.2 Å². The van der Waals surface area contributed by atoms with Crippen LogP contribution in [0, 0.1) is 11.8 Å². The van der Waals surface area contributed by atoms with Crippen molar-refractivity contribution in [3.05, 3.63) is 35.9 Å². The quantitative estimate of drug-likeness (QED) is 0.825. The van der Waals surface area contributed by atoms with Crippen LogP contribution in [0.1, 0.15) is 43.5 Å². The number of carbonyl (C=O) groups is 1. The first kappa shape index (κ1) is 18.4. The average molecular weight is 365 g/mol. The molecule has 2 aliphatic rings. The Morgan fingerprint density at radius 2 is 1.84 bits per heavy atom. The molecule has 2 atom stereocenters. The molecule has 1 aromatic carbocycles. The molecule has 6 heteroatoms. The molecule has 0 bridgehead atoms. The maximum atomic E-state index is 12.9. The predicted octanol–water partition coefficient (Wildman–Crippen LogP) is 2.60. The van der Waals surface area contributed by atoms with E-state index in [0.717, 1.165) is 12.8 Å². The molecular formula is C19H28N2O3S. The molecule has 0 spiro atoms. The Morgan fingerprint density at radius 1 is 1.16 bits per heavy atom. The van der Waals surface area contributed by atoms with Gasteiger partial charge in [-0.2, -0.15) is 0 Å². The molecule has 0 aromatic heterocycles. The largest absolute Gasteiger partial charge is 0.339 e. The second-order valence-corrected chi connectivity index (χ2v) is 9.77. The van der Waals surface area contributed by atoms with Gasteiger partial charge in [-0.15, -0.1) is 0 Å². The third-order valence-electron chi connectivity index (χ3n) is 5.42. The number of likely N-dealkylation sites (tertiary alicyclic amines) is 1. The molecule has 1 aromatic rings. The first-order valence-corrected chi connectivity index (χ1v) is 10.7. The number of sulfonamides is 1. The number of nitrogens with zero attached hydrogens (tertiary/aromatic N) is 2. The lowest BCUT2D eigenvalue weighted by Gasteiger charge is -2.22. The standard InChI is InChI=1S/C19H28N2O3S/c1-15(2)8-13-21-14-17-9-11-20(12-10-18(17)25(21,23)24)19(22)16-6-4-3-5-7-16/h3-7,15,17-18H,8-14H2,1-2H3/t17-,18-/m0/s1. The third kappa shape index (κ3) is 3.90. The average Bonchev–Trinajstić information content (AvgIpc) is 2.74. The summed E-state index contributed by atoms with van der Waals surface area (Å²) in [6.07, 6.45) is 2.21. The fourth-order valence-corrected chi connectivity index (χ4v) is 6.14. The van der Waals surface area contributed by atoms with Gasteiger partial charge >= 0.3 is 0 Å². The van der Waals surface area contributed by atoms with E-state index in [1.165, 1.54) is 0 Å². The molecule has 138 valence electrons. The van der Waals surface area contributed by atoms with E-state index in [0.29, 0.717) is 44.1 Å². The zero-order valence-corrected chi connectivity index (χ0v) is 15.9. The van der Waals surface area contributed by atoms with Gasteiger partial charge in [0, 0.05) is 31.7 Å². The fourth-order valence-electron chi connectivity index (χ4n) is 3.88. The molecule has 3 rings (SSSR count). The van der Waals surface area contributed by atoms with Gasteiger partial charge < -0.3 is 4.90 Å². The van der Waals surface area contributed by atoms with Crippen molar-refractivity contribution in [2.75, 3.05) is 26.2 Å². The number of carbonyl (C=O) groups excluding carboxylic acids is 1. The number of fused-ring (bicyclic) bond motifs is 1. The summed E-state index contributed by atoms with van der Waals surface area (Å²) in [5.74, 6) is 0.653. The lowest BCUT2D eigenvalue weighted by Crippen LogP contribution is -2.35. The summed E-state index contributed by atoms with van der Waals surface area (Å²) in [4.78, 5) is 14.5. The van der Waals surface area contributed by atoms with Gasteiger partial charge in [0.2, 0.25) is 10.0 Å². The molecule has 2 saturated heterocycles. The molecule has 2 heterocycles. The highest BCUT2D eigenvalue weighted by Gasteiger charge is 2.46. The van der Waals surface area contributed by atoms with Gasteiger partial charge in [-0.1, -0.05) is 32.0 Å². The van der Waals surface area contributed by atoms with Crippen molar-refractivity contribution in [1.82, 2.24) is 9.21 Å². The molecule has 2 fully saturated rings. The van der Waals surface area contributed by atoms with E-state index in [2.05, 4.69) is 13.8 Å². The predicted molar refractivity (Wildman–Crippen MR) is 98.8 cm³/mol.